The first-order chi connectivity index (χ1) is 11.5. The zero-order valence-electron chi connectivity index (χ0n) is 15.5. The molecule has 0 radical (unpaired) electrons. The van der Waals surface area contributed by atoms with Gasteiger partial charge in [0.05, 0.1) is 0 Å². The summed E-state index contributed by atoms with van der Waals surface area (Å²) in [4.78, 5) is 17.8. The van der Waals surface area contributed by atoms with Crippen LogP contribution in [0.1, 0.15) is 60.5 Å². The molecule has 3 rings (SSSR count). The van der Waals surface area contributed by atoms with Crippen LogP contribution in [0.15, 0.2) is 30.0 Å². The lowest BCUT2D eigenvalue weighted by Crippen LogP contribution is -2.41. The topological polar surface area (TPSA) is 23.6 Å². The molecule has 2 bridgehead atoms. The number of rotatable bonds is 5. The van der Waals surface area contributed by atoms with Gasteiger partial charge >= 0.3 is 0 Å². The minimum Gasteiger partial charge on any atom is -0.312 e. The maximum absolute atomic E-state index is 13.2. The van der Waals surface area contributed by atoms with Crippen molar-refractivity contribution in [2.45, 2.75) is 65.0 Å². The zero-order valence-corrected chi connectivity index (χ0v) is 15.5. The van der Waals surface area contributed by atoms with Crippen LogP contribution in [0.2, 0.25) is 0 Å². The number of carbonyl (C=O) groups excluding carboxylic acids is 1. The molecule has 1 saturated heterocycles. The Balaban J connectivity index is 1.89. The monoisotopic (exact) mass is 326 g/mol. The highest BCUT2D eigenvalue weighted by Crippen LogP contribution is 2.35. The molecular weight excluding hydrogens is 296 g/mol. The molecule has 0 spiro atoms. The Hall–Kier alpha value is -1.61. The van der Waals surface area contributed by atoms with Crippen LogP contribution in [-0.4, -0.2) is 41.4 Å². The van der Waals surface area contributed by atoms with E-state index in [2.05, 4.69) is 49.8 Å². The summed E-state index contributed by atoms with van der Waals surface area (Å²) in [5, 5.41) is 0. The number of hydrogen-bond acceptors (Lipinski definition) is 2. The molecule has 2 aliphatic heterocycles. The number of amides is 1. The van der Waals surface area contributed by atoms with Crippen molar-refractivity contribution in [2.75, 3.05) is 13.6 Å². The summed E-state index contributed by atoms with van der Waals surface area (Å²) in [6.07, 6.45) is 7.99. The number of carbonyl (C=O) groups is 1. The van der Waals surface area contributed by atoms with Gasteiger partial charge in [0.1, 0.15) is 0 Å². The number of aryl methyl sites for hydroxylation is 2. The summed E-state index contributed by atoms with van der Waals surface area (Å²) in [5.41, 5.74) is 4.39. The maximum Gasteiger partial charge on any atom is 0.258 e. The molecule has 1 aromatic rings. The maximum atomic E-state index is 13.2. The van der Waals surface area contributed by atoms with Crippen molar-refractivity contribution in [3.05, 3.63) is 46.7 Å². The summed E-state index contributed by atoms with van der Waals surface area (Å²) in [6.45, 7) is 7.15. The Morgan fingerprint density at radius 2 is 1.92 bits per heavy atom. The van der Waals surface area contributed by atoms with E-state index in [0.717, 1.165) is 42.5 Å². The minimum atomic E-state index is 0.172. The van der Waals surface area contributed by atoms with E-state index in [4.69, 9.17) is 0 Å². The van der Waals surface area contributed by atoms with Crippen molar-refractivity contribution >= 4 is 5.91 Å². The first kappa shape index (κ1) is 17.2. The van der Waals surface area contributed by atoms with Gasteiger partial charge in [0.2, 0.25) is 0 Å². The summed E-state index contributed by atoms with van der Waals surface area (Å²) >= 11 is 0. The third-order valence-corrected chi connectivity index (χ3v) is 5.52. The molecule has 0 aromatic heterocycles. The Labute approximate surface area is 146 Å². The van der Waals surface area contributed by atoms with Crippen molar-refractivity contribution in [3.63, 3.8) is 0 Å². The molecule has 1 amide bonds. The molecule has 3 nitrogen and oxygen atoms in total. The Kier molecular flexibility index (Phi) is 5.09. The lowest BCUT2D eigenvalue weighted by atomic mass is 10.0. The molecule has 0 aliphatic carbocycles. The van der Waals surface area contributed by atoms with Gasteiger partial charge in [-0.25, -0.2) is 0 Å². The summed E-state index contributed by atoms with van der Waals surface area (Å²) in [6, 6.07) is 7.29. The Bertz CT molecular complexity index is 629. The van der Waals surface area contributed by atoms with Crippen LogP contribution in [0.25, 0.3) is 0 Å². The summed E-state index contributed by atoms with van der Waals surface area (Å²) in [7, 11) is 2.22. The molecule has 0 unspecified atom stereocenters. The number of benzene rings is 1. The molecule has 130 valence electrons. The van der Waals surface area contributed by atoms with Gasteiger partial charge in [-0.15, -0.1) is 0 Å². The molecule has 24 heavy (non-hydrogen) atoms. The average molecular weight is 326 g/mol. The molecule has 3 heteroatoms. The molecule has 2 aliphatic rings. The predicted molar refractivity (Wildman–Crippen MR) is 99.1 cm³/mol. The van der Waals surface area contributed by atoms with Crippen LogP contribution >= 0.6 is 0 Å². The summed E-state index contributed by atoms with van der Waals surface area (Å²) in [5.74, 6) is 0.172. The van der Waals surface area contributed by atoms with Crippen LogP contribution < -0.4 is 0 Å². The van der Waals surface area contributed by atoms with E-state index in [-0.39, 0.29) is 5.91 Å². The van der Waals surface area contributed by atoms with Crippen LogP contribution in [0.5, 0.6) is 0 Å². The number of likely N-dealkylation sites (N-methyl/N-ethyl adjacent to an activating group) is 1. The molecule has 0 N–H and O–H groups in total. The van der Waals surface area contributed by atoms with E-state index in [1.165, 1.54) is 18.5 Å². The minimum absolute atomic E-state index is 0.172. The smallest absolute Gasteiger partial charge is 0.258 e. The van der Waals surface area contributed by atoms with Crippen LogP contribution in [0, 0.1) is 13.8 Å². The molecule has 2 heterocycles. The second kappa shape index (κ2) is 7.10. The van der Waals surface area contributed by atoms with Gasteiger partial charge in [-0.3, -0.25) is 9.69 Å². The quantitative estimate of drug-likeness (QED) is 0.805. The van der Waals surface area contributed by atoms with Gasteiger partial charge in [0.15, 0.2) is 0 Å². The first-order valence-electron chi connectivity index (χ1n) is 9.32. The van der Waals surface area contributed by atoms with Gasteiger partial charge in [-0.05, 0) is 58.4 Å². The number of fused-ring (bicyclic) bond motifs is 2. The number of unbranched alkanes of at least 4 members (excludes halogenated alkanes) is 1. The molecule has 0 saturated carbocycles. The molecular formula is C21H30N2O. The SMILES string of the molecule is CCCCN(C(=O)c1cc(C)cc(C)c1)C1=C[C@@H]2CC[C@H](C1)N2C. The van der Waals surface area contributed by atoms with Gasteiger partial charge in [0.25, 0.3) is 5.91 Å². The van der Waals surface area contributed by atoms with E-state index in [0.29, 0.717) is 12.1 Å². The highest BCUT2D eigenvalue weighted by molar-refractivity contribution is 5.95. The van der Waals surface area contributed by atoms with Crippen molar-refractivity contribution < 1.29 is 4.79 Å². The van der Waals surface area contributed by atoms with E-state index in [1.807, 2.05) is 12.1 Å². The van der Waals surface area contributed by atoms with E-state index >= 15 is 0 Å². The van der Waals surface area contributed by atoms with Crippen molar-refractivity contribution in [3.8, 4) is 0 Å². The normalized spacial score (nSPS) is 23.2. The second-order valence-electron chi connectivity index (χ2n) is 7.51. The number of hydrogen-bond donors (Lipinski definition) is 0. The van der Waals surface area contributed by atoms with Crippen LogP contribution in [0.3, 0.4) is 0 Å². The standard InChI is InChI=1S/C21H30N2O/c1-5-6-9-23(20-13-18-7-8-19(14-20)22(18)4)21(24)17-11-15(2)10-16(3)12-17/h10-13,18-19H,5-9,14H2,1-4H3/t18-,19+/m0/s1. The molecule has 1 aromatic carbocycles. The lowest BCUT2D eigenvalue weighted by molar-refractivity contribution is 0.0784. The highest BCUT2D eigenvalue weighted by Gasteiger charge is 2.36. The average Bonchev–Trinajstić information content (AvgIpc) is 2.75. The van der Waals surface area contributed by atoms with Crippen molar-refractivity contribution in [2.24, 2.45) is 0 Å². The summed E-state index contributed by atoms with van der Waals surface area (Å²) < 4.78 is 0. The second-order valence-corrected chi connectivity index (χ2v) is 7.51. The number of nitrogens with zero attached hydrogens (tertiary/aromatic N) is 2. The van der Waals surface area contributed by atoms with E-state index < -0.39 is 0 Å². The molecule has 2 atom stereocenters. The largest absolute Gasteiger partial charge is 0.312 e. The predicted octanol–water partition coefficient (Wildman–Crippen LogP) is 4.30. The fourth-order valence-corrected chi connectivity index (χ4v) is 4.17. The Morgan fingerprint density at radius 1 is 1.21 bits per heavy atom. The van der Waals surface area contributed by atoms with Crippen molar-refractivity contribution in [1.29, 1.82) is 0 Å². The van der Waals surface area contributed by atoms with Gasteiger partial charge in [-0.2, -0.15) is 0 Å². The lowest BCUT2D eigenvalue weighted by Gasteiger charge is -2.35. The van der Waals surface area contributed by atoms with Gasteiger partial charge < -0.3 is 4.90 Å². The third kappa shape index (κ3) is 3.41. The Morgan fingerprint density at radius 3 is 2.54 bits per heavy atom. The van der Waals surface area contributed by atoms with E-state index in [9.17, 15) is 4.79 Å². The van der Waals surface area contributed by atoms with Crippen molar-refractivity contribution in [1.82, 2.24) is 9.80 Å². The van der Waals surface area contributed by atoms with Crippen LogP contribution in [-0.2, 0) is 0 Å². The van der Waals surface area contributed by atoms with E-state index in [1.54, 1.807) is 0 Å². The third-order valence-electron chi connectivity index (χ3n) is 5.52. The highest BCUT2D eigenvalue weighted by atomic mass is 16.2. The molecule has 1 fully saturated rings. The fraction of sp³-hybridized carbons (Fsp3) is 0.571. The zero-order chi connectivity index (χ0) is 17.3. The van der Waals surface area contributed by atoms with Crippen LogP contribution in [0.4, 0.5) is 0 Å². The fourth-order valence-electron chi connectivity index (χ4n) is 4.17. The first-order valence-corrected chi connectivity index (χ1v) is 9.32. The van der Waals surface area contributed by atoms with Gasteiger partial charge in [0, 0.05) is 36.3 Å². The van der Waals surface area contributed by atoms with Gasteiger partial charge in [-0.1, -0.05) is 30.5 Å².